The molecule has 0 atom stereocenters. The van der Waals surface area contributed by atoms with Crippen LogP contribution < -0.4 is 4.90 Å². The molecule has 1 aliphatic heterocycles. The van der Waals surface area contributed by atoms with Crippen LogP contribution in [0.15, 0.2) is 22.9 Å². The average Bonchev–Trinajstić information content (AvgIpc) is 3.44. The van der Waals surface area contributed by atoms with Crippen molar-refractivity contribution in [1.29, 1.82) is 0 Å². The highest BCUT2D eigenvalue weighted by molar-refractivity contribution is 6.19. The summed E-state index contributed by atoms with van der Waals surface area (Å²) in [6.07, 6.45) is 4.05. The Labute approximate surface area is 163 Å². The highest BCUT2D eigenvalue weighted by atomic mass is 35.5. The first-order valence-corrected chi connectivity index (χ1v) is 9.92. The smallest absolute Gasteiger partial charge is 0.230 e. The summed E-state index contributed by atoms with van der Waals surface area (Å²) < 4.78 is 5.31. The summed E-state index contributed by atoms with van der Waals surface area (Å²) >= 11 is 5.93. The summed E-state index contributed by atoms with van der Waals surface area (Å²) in [5, 5.41) is 4.06. The van der Waals surface area contributed by atoms with Crippen molar-refractivity contribution < 1.29 is 9.32 Å². The summed E-state index contributed by atoms with van der Waals surface area (Å²) in [4.78, 5) is 25.6. The van der Waals surface area contributed by atoms with Crippen molar-refractivity contribution in [2.45, 2.75) is 32.6 Å². The number of carbonyl (C=O) groups is 1. The van der Waals surface area contributed by atoms with Crippen LogP contribution >= 0.6 is 11.6 Å². The predicted molar refractivity (Wildman–Crippen MR) is 103 cm³/mol. The molecule has 0 radical (unpaired) electrons. The van der Waals surface area contributed by atoms with E-state index in [2.05, 4.69) is 20.0 Å². The normalized spacial score (nSPS) is 18.0. The molecule has 0 N–H and O–H groups in total. The highest BCUT2D eigenvalue weighted by Gasteiger charge is 2.33. The zero-order chi connectivity index (χ0) is 19.0. The van der Waals surface area contributed by atoms with Crippen molar-refractivity contribution in [3.8, 4) is 11.4 Å². The number of hydrogen-bond donors (Lipinski definition) is 0. The molecule has 2 fully saturated rings. The van der Waals surface area contributed by atoms with Gasteiger partial charge >= 0.3 is 0 Å². The van der Waals surface area contributed by atoms with E-state index in [0.29, 0.717) is 30.7 Å². The molecule has 27 heavy (non-hydrogen) atoms. The van der Waals surface area contributed by atoms with E-state index in [0.717, 1.165) is 43.2 Å². The van der Waals surface area contributed by atoms with Gasteiger partial charge in [0.15, 0.2) is 0 Å². The number of anilines is 1. The van der Waals surface area contributed by atoms with E-state index in [-0.39, 0.29) is 5.91 Å². The maximum absolute atomic E-state index is 12.5. The second-order valence-electron chi connectivity index (χ2n) is 7.93. The summed E-state index contributed by atoms with van der Waals surface area (Å²) in [6.45, 7) is 6.65. The molecule has 1 saturated heterocycles. The van der Waals surface area contributed by atoms with Gasteiger partial charge in [-0.3, -0.25) is 4.79 Å². The first-order chi connectivity index (χ1) is 13.0. The van der Waals surface area contributed by atoms with Crippen molar-refractivity contribution in [1.82, 2.24) is 20.0 Å². The number of aromatic nitrogens is 3. The van der Waals surface area contributed by atoms with Crippen LogP contribution in [0.25, 0.3) is 11.4 Å². The Balaban J connectivity index is 1.38. The molecule has 0 bridgehead atoms. The Morgan fingerprint density at radius 2 is 2.00 bits per heavy atom. The monoisotopic (exact) mass is 389 g/mol. The molecule has 144 valence electrons. The number of piperazine rings is 1. The standard InChI is InChI=1S/C19H24ClN5O2/c1-19(2,12-20)18(26)25-9-7-24(8-10-25)15-6-5-14(11-21-15)16-22-17(27-23-16)13-3-4-13/h5-6,11,13H,3-4,7-10,12H2,1-2H3. The van der Waals surface area contributed by atoms with E-state index in [1.54, 1.807) is 6.20 Å². The van der Waals surface area contributed by atoms with Crippen molar-refractivity contribution in [2.24, 2.45) is 5.41 Å². The second-order valence-corrected chi connectivity index (χ2v) is 8.20. The Morgan fingerprint density at radius 3 is 2.59 bits per heavy atom. The average molecular weight is 390 g/mol. The molecule has 0 unspecified atom stereocenters. The fraction of sp³-hybridized carbons (Fsp3) is 0.579. The minimum atomic E-state index is -0.520. The number of alkyl halides is 1. The molecule has 1 saturated carbocycles. The zero-order valence-electron chi connectivity index (χ0n) is 15.7. The number of nitrogens with zero attached hydrogens (tertiary/aromatic N) is 5. The van der Waals surface area contributed by atoms with Gasteiger partial charge in [-0.2, -0.15) is 4.98 Å². The third-order valence-corrected chi connectivity index (χ3v) is 5.85. The number of halogens is 1. The van der Waals surface area contributed by atoms with E-state index >= 15 is 0 Å². The third kappa shape index (κ3) is 3.78. The zero-order valence-corrected chi connectivity index (χ0v) is 16.4. The quantitative estimate of drug-likeness (QED) is 0.732. The lowest BCUT2D eigenvalue weighted by atomic mass is 9.94. The van der Waals surface area contributed by atoms with Crippen LogP contribution in [-0.4, -0.2) is 58.0 Å². The molecular formula is C19H24ClN5O2. The lowest BCUT2D eigenvalue weighted by Gasteiger charge is -2.38. The molecule has 2 aromatic rings. The van der Waals surface area contributed by atoms with Crippen molar-refractivity contribution >= 4 is 23.3 Å². The Kier molecular flexibility index (Phi) is 4.80. The fourth-order valence-electron chi connectivity index (χ4n) is 3.18. The minimum Gasteiger partial charge on any atom is -0.353 e. The van der Waals surface area contributed by atoms with Gasteiger partial charge in [-0.25, -0.2) is 4.98 Å². The third-order valence-electron chi connectivity index (χ3n) is 5.18. The molecule has 3 heterocycles. The largest absolute Gasteiger partial charge is 0.353 e. The van der Waals surface area contributed by atoms with E-state index in [4.69, 9.17) is 16.1 Å². The Morgan fingerprint density at radius 1 is 1.26 bits per heavy atom. The number of hydrogen-bond acceptors (Lipinski definition) is 6. The first-order valence-electron chi connectivity index (χ1n) is 9.38. The molecule has 8 heteroatoms. The van der Waals surface area contributed by atoms with Crippen LogP contribution in [0.4, 0.5) is 5.82 Å². The lowest BCUT2D eigenvalue weighted by molar-refractivity contribution is -0.139. The van der Waals surface area contributed by atoms with Crippen LogP contribution in [-0.2, 0) is 4.79 Å². The van der Waals surface area contributed by atoms with Crippen LogP contribution in [0.1, 0.15) is 38.5 Å². The second kappa shape index (κ2) is 7.11. The van der Waals surface area contributed by atoms with Crippen LogP contribution in [0.3, 0.4) is 0 Å². The lowest BCUT2D eigenvalue weighted by Crippen LogP contribution is -2.52. The SMILES string of the molecule is CC(C)(CCl)C(=O)N1CCN(c2ccc(-c3noc(C4CC4)n3)cn2)CC1. The van der Waals surface area contributed by atoms with Crippen LogP contribution in [0, 0.1) is 5.41 Å². The molecule has 2 aliphatic rings. The Bertz CT molecular complexity index is 808. The number of carbonyl (C=O) groups excluding carboxylic acids is 1. The van der Waals surface area contributed by atoms with E-state index in [1.807, 2.05) is 30.9 Å². The van der Waals surface area contributed by atoms with Gasteiger partial charge < -0.3 is 14.3 Å². The van der Waals surface area contributed by atoms with Crippen LogP contribution in [0.5, 0.6) is 0 Å². The summed E-state index contributed by atoms with van der Waals surface area (Å²) in [5.74, 6) is 3.11. The van der Waals surface area contributed by atoms with E-state index in [9.17, 15) is 4.79 Å². The van der Waals surface area contributed by atoms with E-state index < -0.39 is 5.41 Å². The van der Waals surface area contributed by atoms with Gasteiger partial charge in [0.05, 0.1) is 5.41 Å². The number of rotatable bonds is 5. The summed E-state index contributed by atoms with van der Waals surface area (Å²) in [7, 11) is 0. The molecular weight excluding hydrogens is 366 g/mol. The van der Waals surface area contributed by atoms with Crippen molar-refractivity contribution in [3.63, 3.8) is 0 Å². The predicted octanol–water partition coefficient (Wildman–Crippen LogP) is 2.92. The van der Waals surface area contributed by atoms with Gasteiger partial charge in [0.2, 0.25) is 17.6 Å². The van der Waals surface area contributed by atoms with Gasteiger partial charge in [-0.1, -0.05) is 5.16 Å². The molecule has 1 aliphatic carbocycles. The topological polar surface area (TPSA) is 75.4 Å². The minimum absolute atomic E-state index is 0.115. The maximum atomic E-state index is 12.5. The van der Waals surface area contributed by atoms with Crippen LogP contribution in [0.2, 0.25) is 0 Å². The number of pyridine rings is 1. The first kappa shape index (κ1) is 18.2. The number of amides is 1. The molecule has 1 amide bonds. The van der Waals surface area contributed by atoms with E-state index in [1.165, 1.54) is 0 Å². The molecule has 7 nitrogen and oxygen atoms in total. The molecule has 2 aromatic heterocycles. The molecule has 4 rings (SSSR count). The summed E-state index contributed by atoms with van der Waals surface area (Å²) in [6, 6.07) is 3.95. The highest BCUT2D eigenvalue weighted by Crippen LogP contribution is 2.39. The van der Waals surface area contributed by atoms with Crippen molar-refractivity contribution in [3.05, 3.63) is 24.2 Å². The van der Waals surface area contributed by atoms with Gasteiger partial charge in [-0.05, 0) is 38.8 Å². The Hall–Kier alpha value is -2.15. The van der Waals surface area contributed by atoms with Gasteiger partial charge in [-0.15, -0.1) is 11.6 Å². The molecule has 0 spiro atoms. The maximum Gasteiger partial charge on any atom is 0.230 e. The van der Waals surface area contributed by atoms with Gasteiger partial charge in [0, 0.05) is 49.7 Å². The van der Waals surface area contributed by atoms with Crippen molar-refractivity contribution in [2.75, 3.05) is 37.0 Å². The fourth-order valence-corrected chi connectivity index (χ4v) is 3.29. The van der Waals surface area contributed by atoms with Gasteiger partial charge in [0.25, 0.3) is 0 Å². The molecule has 0 aromatic carbocycles. The summed E-state index contributed by atoms with van der Waals surface area (Å²) in [5.41, 5.74) is 0.333. The van der Waals surface area contributed by atoms with Gasteiger partial charge in [0.1, 0.15) is 5.82 Å².